The first-order valence-electron chi connectivity index (χ1n) is 8.50. The molecular formula is C17H20ClFIN5O. The Morgan fingerprint density at radius 2 is 1.96 bits per heavy atom. The van der Waals surface area contributed by atoms with E-state index in [1.165, 1.54) is 2.78 Å². The molecule has 1 saturated heterocycles. The van der Waals surface area contributed by atoms with Crippen LogP contribution >= 0.6 is 34.5 Å². The molecule has 140 valence electrons. The molecule has 9 heteroatoms. The summed E-state index contributed by atoms with van der Waals surface area (Å²) in [6.45, 7) is 6.09. The Labute approximate surface area is 170 Å². The minimum atomic E-state index is -0.388. The van der Waals surface area contributed by atoms with E-state index in [0.717, 1.165) is 13.1 Å². The summed E-state index contributed by atoms with van der Waals surface area (Å²) in [7, 11) is 3.97. The molecule has 0 spiro atoms. The van der Waals surface area contributed by atoms with Crippen LogP contribution in [0.4, 0.5) is 15.9 Å². The second kappa shape index (κ2) is 6.20. The lowest BCUT2D eigenvalue weighted by molar-refractivity contribution is 0.234. The van der Waals surface area contributed by atoms with Gasteiger partial charge in [-0.3, -0.25) is 0 Å². The third-order valence-corrected chi connectivity index (χ3v) is 6.77. The van der Waals surface area contributed by atoms with Gasteiger partial charge in [-0.2, -0.15) is 4.98 Å². The van der Waals surface area contributed by atoms with Crippen molar-refractivity contribution in [1.29, 1.82) is 0 Å². The number of likely N-dealkylation sites (N-methyl/N-ethyl adjacent to an activating group) is 2. The van der Waals surface area contributed by atoms with Gasteiger partial charge in [0.2, 0.25) is 0 Å². The van der Waals surface area contributed by atoms with Crippen molar-refractivity contribution in [3.05, 3.63) is 26.9 Å². The van der Waals surface area contributed by atoms with Crippen LogP contribution in [0.2, 0.25) is 5.02 Å². The first-order valence-corrected chi connectivity index (χ1v) is 9.85. The molecule has 2 aliphatic heterocycles. The number of hydrogen-bond acceptors (Lipinski definition) is 5. The number of piperazine rings is 1. The first kappa shape index (κ1) is 18.2. The maximum atomic E-state index is 15.2. The number of benzene rings is 1. The molecule has 4 rings (SSSR count). The van der Waals surface area contributed by atoms with Crippen LogP contribution in [-0.4, -0.2) is 58.5 Å². The fourth-order valence-electron chi connectivity index (χ4n) is 4.37. The molecule has 2 aromatic rings. The molecular weight excluding hydrogens is 472 g/mol. The van der Waals surface area contributed by atoms with Crippen molar-refractivity contribution in [2.24, 2.45) is 0 Å². The lowest BCUT2D eigenvalue weighted by atomic mass is 10.1. The summed E-state index contributed by atoms with van der Waals surface area (Å²) in [6.07, 6.45) is 0. The molecule has 1 fully saturated rings. The summed E-state index contributed by atoms with van der Waals surface area (Å²) >= 11 is 8.39. The summed E-state index contributed by atoms with van der Waals surface area (Å²) < 4.78 is 16.6. The molecule has 2 aliphatic rings. The second-order valence-electron chi connectivity index (χ2n) is 7.34. The van der Waals surface area contributed by atoms with Crippen molar-refractivity contribution >= 4 is 56.9 Å². The molecule has 0 aliphatic carbocycles. The van der Waals surface area contributed by atoms with E-state index in [0.29, 0.717) is 34.5 Å². The Bertz CT molecular complexity index is 980. The standard InChI is InChI=1S/C17H20ClFIN5O/c1-8-5-22(3)6-10-7-23(4)15-11-14(12(18)9(2)13(15)19)25(20)17(26)21-16(11)24(8)10/h8,10H,5-7H2,1-4H3. The maximum absolute atomic E-state index is 15.2. The van der Waals surface area contributed by atoms with Gasteiger partial charge in [-0.15, -0.1) is 0 Å². The SMILES string of the molecule is Cc1c(F)c2c3c(nc(=O)n(I)c3c1Cl)N1C(C)CN(C)CC1CN2C. The molecule has 3 heterocycles. The Hall–Kier alpha value is -1.13. The van der Waals surface area contributed by atoms with Crippen LogP contribution in [0.15, 0.2) is 4.79 Å². The number of hydrogen-bond donors (Lipinski definition) is 0. The van der Waals surface area contributed by atoms with E-state index in [9.17, 15) is 4.79 Å². The van der Waals surface area contributed by atoms with Crippen molar-refractivity contribution in [2.75, 3.05) is 43.5 Å². The fraction of sp³-hybridized carbons (Fsp3) is 0.529. The zero-order valence-corrected chi connectivity index (χ0v) is 18.0. The Morgan fingerprint density at radius 3 is 2.65 bits per heavy atom. The van der Waals surface area contributed by atoms with E-state index >= 15 is 4.39 Å². The summed E-state index contributed by atoms with van der Waals surface area (Å²) in [5.41, 5.74) is 0.975. The lowest BCUT2D eigenvalue weighted by Gasteiger charge is -2.45. The number of anilines is 2. The number of aromatic nitrogens is 2. The van der Waals surface area contributed by atoms with Crippen molar-refractivity contribution in [2.45, 2.75) is 25.9 Å². The molecule has 1 aromatic heterocycles. The van der Waals surface area contributed by atoms with E-state index in [1.807, 2.05) is 34.8 Å². The molecule has 0 bridgehead atoms. The van der Waals surface area contributed by atoms with Crippen molar-refractivity contribution in [3.63, 3.8) is 0 Å². The first-order chi connectivity index (χ1) is 12.2. The van der Waals surface area contributed by atoms with Gasteiger partial charge in [0.25, 0.3) is 0 Å². The molecule has 6 nitrogen and oxygen atoms in total. The smallest absolute Gasteiger partial charge is 0.359 e. The molecule has 2 unspecified atom stereocenters. The lowest BCUT2D eigenvalue weighted by Crippen LogP contribution is -2.59. The van der Waals surface area contributed by atoms with Crippen LogP contribution < -0.4 is 15.5 Å². The van der Waals surface area contributed by atoms with Gasteiger partial charge in [0, 0.05) is 38.3 Å². The predicted octanol–water partition coefficient (Wildman–Crippen LogP) is 2.65. The highest BCUT2D eigenvalue weighted by atomic mass is 127. The highest BCUT2D eigenvalue weighted by Gasteiger charge is 2.39. The summed E-state index contributed by atoms with van der Waals surface area (Å²) in [5, 5.41) is 0.888. The van der Waals surface area contributed by atoms with Gasteiger partial charge >= 0.3 is 5.69 Å². The quantitative estimate of drug-likeness (QED) is 0.530. The third-order valence-electron chi connectivity index (χ3n) is 5.41. The summed E-state index contributed by atoms with van der Waals surface area (Å²) in [4.78, 5) is 23.3. The predicted molar refractivity (Wildman–Crippen MR) is 112 cm³/mol. The van der Waals surface area contributed by atoms with Crippen molar-refractivity contribution in [1.82, 2.24) is 12.7 Å². The van der Waals surface area contributed by atoms with Crippen LogP contribution in [0.25, 0.3) is 10.9 Å². The van der Waals surface area contributed by atoms with Gasteiger partial charge in [-0.1, -0.05) is 11.6 Å². The molecule has 0 amide bonds. The Balaban J connectivity index is 2.17. The van der Waals surface area contributed by atoms with Crippen LogP contribution in [-0.2, 0) is 0 Å². The average Bonchev–Trinajstić information content (AvgIpc) is 2.67. The van der Waals surface area contributed by atoms with E-state index in [4.69, 9.17) is 11.6 Å². The number of nitrogens with zero attached hydrogens (tertiary/aromatic N) is 5. The van der Waals surface area contributed by atoms with Crippen LogP contribution in [0.3, 0.4) is 0 Å². The van der Waals surface area contributed by atoms with Crippen LogP contribution in [0, 0.1) is 12.7 Å². The fourth-order valence-corrected chi connectivity index (χ4v) is 5.36. The average molecular weight is 492 g/mol. The molecule has 1 aromatic carbocycles. The number of fused-ring (bicyclic) bond motifs is 2. The van der Waals surface area contributed by atoms with Gasteiger partial charge < -0.3 is 14.7 Å². The van der Waals surface area contributed by atoms with E-state index in [2.05, 4.69) is 28.8 Å². The minimum absolute atomic E-state index is 0.111. The molecule has 26 heavy (non-hydrogen) atoms. The number of halogens is 3. The normalized spacial score (nSPS) is 23.3. The minimum Gasteiger partial charge on any atom is -0.369 e. The highest BCUT2D eigenvalue weighted by molar-refractivity contribution is 14.1. The van der Waals surface area contributed by atoms with Crippen molar-refractivity contribution < 1.29 is 4.39 Å². The third kappa shape index (κ3) is 2.45. The number of rotatable bonds is 0. The Morgan fingerprint density at radius 1 is 1.27 bits per heavy atom. The Kier molecular flexibility index (Phi) is 4.35. The maximum Gasteiger partial charge on any atom is 0.359 e. The zero-order valence-electron chi connectivity index (χ0n) is 15.1. The van der Waals surface area contributed by atoms with E-state index < -0.39 is 0 Å². The largest absolute Gasteiger partial charge is 0.369 e. The second-order valence-corrected chi connectivity index (χ2v) is 8.68. The van der Waals surface area contributed by atoms with E-state index in [-0.39, 0.29) is 28.6 Å². The molecule has 0 radical (unpaired) electrons. The van der Waals surface area contributed by atoms with Crippen LogP contribution in [0.5, 0.6) is 0 Å². The summed E-state index contributed by atoms with van der Waals surface area (Å²) in [6, 6.07) is 0.265. The molecule has 0 saturated carbocycles. The van der Waals surface area contributed by atoms with Crippen LogP contribution in [0.1, 0.15) is 12.5 Å². The monoisotopic (exact) mass is 491 g/mol. The highest BCUT2D eigenvalue weighted by Crippen LogP contribution is 2.44. The van der Waals surface area contributed by atoms with Gasteiger partial charge in [-0.05, 0) is 20.9 Å². The molecule has 2 atom stereocenters. The van der Waals surface area contributed by atoms with Crippen molar-refractivity contribution in [3.8, 4) is 0 Å². The van der Waals surface area contributed by atoms with Gasteiger partial charge in [0.05, 0.1) is 50.5 Å². The van der Waals surface area contributed by atoms with Gasteiger partial charge in [0.1, 0.15) is 5.82 Å². The van der Waals surface area contributed by atoms with E-state index in [1.54, 1.807) is 6.92 Å². The molecule has 0 N–H and O–H groups in total. The zero-order chi connectivity index (χ0) is 18.9. The van der Waals surface area contributed by atoms with Gasteiger partial charge in [0.15, 0.2) is 5.82 Å². The summed E-state index contributed by atoms with van der Waals surface area (Å²) in [5.74, 6) is 0.201. The topological polar surface area (TPSA) is 44.6 Å². The van der Waals surface area contributed by atoms with Gasteiger partial charge in [-0.25, -0.2) is 12.0 Å².